The van der Waals surface area contributed by atoms with Gasteiger partial charge >= 0.3 is 7.12 Å². The van der Waals surface area contributed by atoms with Crippen molar-refractivity contribution in [2.24, 2.45) is 5.92 Å². The molecule has 3 rings (SSSR count). The van der Waals surface area contributed by atoms with Crippen LogP contribution in [-0.2, 0) is 15.9 Å². The quantitative estimate of drug-likeness (QED) is 0.803. The molecule has 0 N–H and O–H groups in total. The summed E-state index contributed by atoms with van der Waals surface area (Å²) in [7, 11) is -0.374. The highest BCUT2D eigenvalue weighted by Gasteiger charge is 2.52. The second kappa shape index (κ2) is 5.09. The Bertz CT molecular complexity index is 502. The average molecular weight is 294 g/mol. The minimum atomic E-state index is -0.631. The van der Waals surface area contributed by atoms with E-state index in [0.717, 1.165) is 18.4 Å². The first-order chi connectivity index (χ1) is 9.77. The van der Waals surface area contributed by atoms with Gasteiger partial charge in [-0.05, 0) is 52.9 Å². The molecule has 0 radical (unpaired) electrons. The summed E-state index contributed by atoms with van der Waals surface area (Å²) < 4.78 is 27.2. The van der Waals surface area contributed by atoms with Crippen molar-refractivity contribution >= 4 is 12.6 Å². The van der Waals surface area contributed by atoms with Gasteiger partial charge in [0.25, 0.3) is 0 Å². The van der Waals surface area contributed by atoms with E-state index >= 15 is 0 Å². The molecule has 1 aromatic rings. The maximum Gasteiger partial charge on any atom is 0.498 e. The van der Waals surface area contributed by atoms with E-state index in [2.05, 4.69) is 5.10 Å². The van der Waals surface area contributed by atoms with E-state index in [1.807, 2.05) is 38.6 Å². The van der Waals surface area contributed by atoms with Gasteiger partial charge < -0.3 is 9.31 Å². The fraction of sp³-hybridized carbons (Fsp3) is 0.800. The molecule has 0 aromatic carbocycles. The summed E-state index contributed by atoms with van der Waals surface area (Å²) in [6, 6.07) is 0. The zero-order valence-corrected chi connectivity index (χ0v) is 13.3. The van der Waals surface area contributed by atoms with Gasteiger partial charge in [-0.3, -0.25) is 4.68 Å². The van der Waals surface area contributed by atoms with Crippen LogP contribution < -0.4 is 5.46 Å². The van der Waals surface area contributed by atoms with E-state index < -0.39 is 6.17 Å². The lowest BCUT2D eigenvalue weighted by molar-refractivity contribution is 0.00578. The normalized spacial score (nSPS) is 31.0. The minimum Gasteiger partial charge on any atom is -0.399 e. The molecule has 0 amide bonds. The second-order valence-corrected chi connectivity index (χ2v) is 7.36. The molecule has 6 heteroatoms. The van der Waals surface area contributed by atoms with Crippen molar-refractivity contribution in [1.82, 2.24) is 9.78 Å². The maximum atomic E-state index is 13.2. The van der Waals surface area contributed by atoms with Gasteiger partial charge in [-0.2, -0.15) is 5.10 Å². The second-order valence-electron chi connectivity index (χ2n) is 7.36. The Labute approximate surface area is 126 Å². The Hall–Kier alpha value is -0.875. The fourth-order valence-corrected chi connectivity index (χ4v) is 3.02. The van der Waals surface area contributed by atoms with E-state index in [4.69, 9.17) is 9.31 Å². The van der Waals surface area contributed by atoms with Gasteiger partial charge in [-0.15, -0.1) is 0 Å². The molecule has 1 aliphatic heterocycles. The lowest BCUT2D eigenvalue weighted by atomic mass is 9.82. The molecule has 2 fully saturated rings. The molecule has 2 aliphatic rings. The third-order valence-electron chi connectivity index (χ3n) is 5.10. The molecule has 21 heavy (non-hydrogen) atoms. The highest BCUT2D eigenvalue weighted by atomic mass is 19.1. The van der Waals surface area contributed by atoms with Crippen LogP contribution in [-0.4, -0.2) is 34.3 Å². The molecule has 0 unspecified atom stereocenters. The molecule has 4 nitrogen and oxygen atoms in total. The van der Waals surface area contributed by atoms with Gasteiger partial charge in [0.05, 0.1) is 11.2 Å². The average Bonchev–Trinajstić information content (AvgIpc) is 3.01. The summed E-state index contributed by atoms with van der Waals surface area (Å²) in [5.41, 5.74) is 0.253. The molecule has 116 valence electrons. The van der Waals surface area contributed by atoms with Crippen molar-refractivity contribution in [1.29, 1.82) is 0 Å². The van der Waals surface area contributed by atoms with Crippen LogP contribution in [0.25, 0.3) is 0 Å². The number of rotatable bonds is 3. The molecule has 0 bridgehead atoms. The zero-order chi connectivity index (χ0) is 15.3. The summed E-state index contributed by atoms with van der Waals surface area (Å²) in [4.78, 5) is 0. The lowest BCUT2D eigenvalue weighted by Gasteiger charge is -2.32. The summed E-state index contributed by atoms with van der Waals surface area (Å²) in [5.74, 6) is 0.394. The largest absolute Gasteiger partial charge is 0.498 e. The molecule has 1 aromatic heterocycles. The predicted molar refractivity (Wildman–Crippen MR) is 80.2 cm³/mol. The van der Waals surface area contributed by atoms with Crippen LogP contribution in [0.5, 0.6) is 0 Å². The Kier molecular flexibility index (Phi) is 3.65. The third kappa shape index (κ3) is 2.88. The standard InChI is InChI=1S/C15H24BFN2O2/c1-14(2)15(3,4)21-16(20-14)12-8-18-19(10-12)9-11-5-6-13(17)7-11/h8,10-11,13H,5-7,9H2,1-4H3/t11-,13-/m1/s1. The molecular weight excluding hydrogens is 270 g/mol. The minimum absolute atomic E-state index is 0.341. The molecule has 1 saturated heterocycles. The van der Waals surface area contributed by atoms with E-state index in [1.165, 1.54) is 0 Å². The van der Waals surface area contributed by atoms with Gasteiger partial charge in [-0.25, -0.2) is 4.39 Å². The van der Waals surface area contributed by atoms with Gasteiger partial charge in [-0.1, -0.05) is 0 Å². The first kappa shape index (κ1) is 15.0. The molecule has 1 aliphatic carbocycles. The predicted octanol–water partition coefficient (Wildman–Crippen LogP) is 2.32. The van der Waals surface area contributed by atoms with Gasteiger partial charge in [0.15, 0.2) is 0 Å². The topological polar surface area (TPSA) is 36.3 Å². The van der Waals surface area contributed by atoms with Crippen LogP contribution in [0.4, 0.5) is 4.39 Å². The Morgan fingerprint density at radius 3 is 2.52 bits per heavy atom. The van der Waals surface area contributed by atoms with Crippen molar-refractivity contribution in [3.05, 3.63) is 12.4 Å². The first-order valence-electron chi connectivity index (χ1n) is 7.79. The number of hydrogen-bond acceptors (Lipinski definition) is 3. The Morgan fingerprint density at radius 2 is 1.95 bits per heavy atom. The van der Waals surface area contributed by atoms with Crippen LogP contribution in [0, 0.1) is 5.92 Å². The fourth-order valence-electron chi connectivity index (χ4n) is 3.02. The number of hydrogen-bond donors (Lipinski definition) is 0. The highest BCUT2D eigenvalue weighted by Crippen LogP contribution is 2.36. The van der Waals surface area contributed by atoms with Crippen molar-refractivity contribution in [3.63, 3.8) is 0 Å². The van der Waals surface area contributed by atoms with E-state index in [9.17, 15) is 4.39 Å². The zero-order valence-electron chi connectivity index (χ0n) is 13.3. The molecule has 0 spiro atoms. The summed E-state index contributed by atoms with van der Waals surface area (Å²) >= 11 is 0. The van der Waals surface area contributed by atoms with Crippen LogP contribution in [0.15, 0.2) is 12.4 Å². The van der Waals surface area contributed by atoms with Gasteiger partial charge in [0.2, 0.25) is 0 Å². The van der Waals surface area contributed by atoms with E-state index in [0.29, 0.717) is 18.8 Å². The van der Waals surface area contributed by atoms with Crippen LogP contribution in [0.3, 0.4) is 0 Å². The maximum absolute atomic E-state index is 13.2. The van der Waals surface area contributed by atoms with E-state index in [-0.39, 0.29) is 18.3 Å². The van der Waals surface area contributed by atoms with Crippen molar-refractivity contribution in [3.8, 4) is 0 Å². The van der Waals surface area contributed by atoms with Crippen LogP contribution in [0.1, 0.15) is 47.0 Å². The molecule has 2 atom stereocenters. The Morgan fingerprint density at radius 1 is 1.29 bits per heavy atom. The van der Waals surface area contributed by atoms with E-state index in [1.54, 1.807) is 6.20 Å². The van der Waals surface area contributed by atoms with Crippen molar-refractivity contribution in [2.45, 2.75) is 70.9 Å². The number of nitrogens with zero attached hydrogens (tertiary/aromatic N) is 2. The lowest BCUT2D eigenvalue weighted by Crippen LogP contribution is -2.41. The summed E-state index contributed by atoms with van der Waals surface area (Å²) in [6.07, 6.45) is 5.43. The first-order valence-corrected chi connectivity index (χ1v) is 7.79. The van der Waals surface area contributed by atoms with Gasteiger partial charge in [0, 0.05) is 24.4 Å². The number of aromatic nitrogens is 2. The summed E-state index contributed by atoms with van der Waals surface area (Å²) in [6.45, 7) is 8.93. The Balaban J connectivity index is 1.66. The van der Waals surface area contributed by atoms with Gasteiger partial charge in [0.1, 0.15) is 6.17 Å². The highest BCUT2D eigenvalue weighted by molar-refractivity contribution is 6.61. The molecule has 2 heterocycles. The monoisotopic (exact) mass is 294 g/mol. The third-order valence-corrected chi connectivity index (χ3v) is 5.10. The number of halogens is 1. The molecular formula is C15H24BFN2O2. The van der Waals surface area contributed by atoms with Crippen molar-refractivity contribution in [2.75, 3.05) is 0 Å². The van der Waals surface area contributed by atoms with Crippen LogP contribution in [0.2, 0.25) is 0 Å². The summed E-state index contributed by atoms with van der Waals surface area (Å²) in [5, 5.41) is 4.38. The smallest absolute Gasteiger partial charge is 0.399 e. The SMILES string of the molecule is CC1(C)OB(c2cnn(C[C@@H]3CC[C@@H](F)C3)c2)OC1(C)C. The number of alkyl halides is 1. The molecule has 1 saturated carbocycles. The van der Waals surface area contributed by atoms with Crippen LogP contribution >= 0.6 is 0 Å². The van der Waals surface area contributed by atoms with Crippen molar-refractivity contribution < 1.29 is 13.7 Å².